The number of likely N-dealkylation sites (tertiary alicyclic amines) is 1. The SMILES string of the molecule is CCCC1CCN(C2CCC(c3cccc(O)c3)(N(C)CCC3CCCCC3)CC2)C1. The Bertz CT molecular complexity index is 675. The maximum absolute atomic E-state index is 10.3. The Morgan fingerprint density at radius 2 is 1.77 bits per heavy atom. The van der Waals surface area contributed by atoms with Gasteiger partial charge in [0.25, 0.3) is 0 Å². The molecule has 0 spiro atoms. The van der Waals surface area contributed by atoms with Gasteiger partial charge in [-0.3, -0.25) is 4.90 Å². The molecule has 1 aromatic rings. The summed E-state index contributed by atoms with van der Waals surface area (Å²) in [7, 11) is 2.36. The monoisotopic (exact) mass is 426 g/mol. The van der Waals surface area contributed by atoms with Crippen LogP contribution in [-0.4, -0.2) is 47.6 Å². The molecule has 2 saturated carbocycles. The predicted octanol–water partition coefficient (Wildman–Crippen LogP) is 6.55. The average molecular weight is 427 g/mol. The Labute approximate surface area is 191 Å². The normalized spacial score (nSPS) is 30.8. The van der Waals surface area contributed by atoms with Gasteiger partial charge in [0.15, 0.2) is 0 Å². The molecule has 2 aliphatic carbocycles. The summed E-state index contributed by atoms with van der Waals surface area (Å²) in [6.07, 6.45) is 17.7. The zero-order valence-electron chi connectivity index (χ0n) is 20.2. The summed E-state index contributed by atoms with van der Waals surface area (Å²) in [5.41, 5.74) is 1.43. The molecule has 4 rings (SSSR count). The molecule has 1 unspecified atom stereocenters. The van der Waals surface area contributed by atoms with Crippen molar-refractivity contribution in [3.63, 3.8) is 0 Å². The van der Waals surface area contributed by atoms with E-state index in [2.05, 4.69) is 29.8 Å². The van der Waals surface area contributed by atoms with E-state index in [0.717, 1.165) is 17.9 Å². The van der Waals surface area contributed by atoms with Crippen LogP contribution in [0.1, 0.15) is 96.0 Å². The number of benzene rings is 1. The molecule has 0 radical (unpaired) electrons. The van der Waals surface area contributed by atoms with Crippen LogP contribution in [0.5, 0.6) is 5.75 Å². The molecule has 1 heterocycles. The van der Waals surface area contributed by atoms with Crippen LogP contribution in [0.4, 0.5) is 0 Å². The van der Waals surface area contributed by atoms with Crippen LogP contribution < -0.4 is 0 Å². The highest BCUT2D eigenvalue weighted by molar-refractivity contribution is 5.33. The van der Waals surface area contributed by atoms with E-state index in [9.17, 15) is 5.11 Å². The number of aromatic hydroxyl groups is 1. The van der Waals surface area contributed by atoms with E-state index >= 15 is 0 Å². The summed E-state index contributed by atoms with van der Waals surface area (Å²) in [5.74, 6) is 2.27. The maximum atomic E-state index is 10.3. The van der Waals surface area contributed by atoms with E-state index in [0.29, 0.717) is 5.75 Å². The fourth-order valence-corrected chi connectivity index (χ4v) is 7.04. The van der Waals surface area contributed by atoms with Crippen LogP contribution in [0, 0.1) is 11.8 Å². The average Bonchev–Trinajstić information content (AvgIpc) is 3.27. The summed E-state index contributed by atoms with van der Waals surface area (Å²) in [6, 6.07) is 8.94. The van der Waals surface area contributed by atoms with Crippen LogP contribution in [0.3, 0.4) is 0 Å². The highest BCUT2D eigenvalue weighted by Crippen LogP contribution is 2.45. The van der Waals surface area contributed by atoms with Crippen molar-refractivity contribution < 1.29 is 5.11 Å². The molecule has 1 aliphatic heterocycles. The minimum atomic E-state index is 0.0897. The van der Waals surface area contributed by atoms with Crippen molar-refractivity contribution >= 4 is 0 Å². The van der Waals surface area contributed by atoms with E-state index in [-0.39, 0.29) is 5.54 Å². The largest absolute Gasteiger partial charge is 0.508 e. The lowest BCUT2D eigenvalue weighted by Gasteiger charge is -2.49. The van der Waals surface area contributed by atoms with Gasteiger partial charge in [0.05, 0.1) is 0 Å². The Hall–Kier alpha value is -1.06. The van der Waals surface area contributed by atoms with Gasteiger partial charge in [-0.1, -0.05) is 57.6 Å². The van der Waals surface area contributed by atoms with E-state index in [1.807, 2.05) is 18.2 Å². The molecule has 3 nitrogen and oxygen atoms in total. The molecule has 31 heavy (non-hydrogen) atoms. The number of hydrogen-bond donors (Lipinski definition) is 1. The second-order valence-corrected chi connectivity index (χ2v) is 11.0. The lowest BCUT2D eigenvalue weighted by molar-refractivity contribution is 0.0334. The van der Waals surface area contributed by atoms with Crippen molar-refractivity contribution in [3.05, 3.63) is 29.8 Å². The number of nitrogens with zero attached hydrogens (tertiary/aromatic N) is 2. The molecule has 174 valence electrons. The number of hydrogen-bond acceptors (Lipinski definition) is 3. The third kappa shape index (κ3) is 5.47. The smallest absolute Gasteiger partial charge is 0.115 e. The first kappa shape index (κ1) is 23.1. The first-order valence-corrected chi connectivity index (χ1v) is 13.4. The fourth-order valence-electron chi connectivity index (χ4n) is 7.04. The maximum Gasteiger partial charge on any atom is 0.115 e. The Kier molecular flexibility index (Phi) is 7.98. The van der Waals surface area contributed by atoms with E-state index in [1.165, 1.54) is 109 Å². The number of phenolic OH excluding ortho intramolecular Hbond substituents is 1. The predicted molar refractivity (Wildman–Crippen MR) is 130 cm³/mol. The van der Waals surface area contributed by atoms with Gasteiger partial charge in [-0.25, -0.2) is 0 Å². The lowest BCUT2D eigenvalue weighted by atomic mass is 9.73. The molecule has 1 N–H and O–H groups in total. The Balaban J connectivity index is 1.43. The van der Waals surface area contributed by atoms with Crippen LogP contribution in [-0.2, 0) is 5.54 Å². The number of phenols is 1. The summed E-state index contributed by atoms with van der Waals surface area (Å²) in [4.78, 5) is 5.49. The van der Waals surface area contributed by atoms with Crippen LogP contribution >= 0.6 is 0 Å². The molecular weight excluding hydrogens is 380 g/mol. The van der Waals surface area contributed by atoms with Crippen molar-refractivity contribution in [1.29, 1.82) is 0 Å². The van der Waals surface area contributed by atoms with Gasteiger partial charge < -0.3 is 10.0 Å². The van der Waals surface area contributed by atoms with E-state index in [1.54, 1.807) is 0 Å². The first-order valence-electron chi connectivity index (χ1n) is 13.4. The van der Waals surface area contributed by atoms with E-state index in [4.69, 9.17) is 0 Å². The van der Waals surface area contributed by atoms with Gasteiger partial charge in [-0.15, -0.1) is 0 Å². The molecule has 0 bridgehead atoms. The third-order valence-corrected chi connectivity index (χ3v) is 9.02. The van der Waals surface area contributed by atoms with Crippen molar-refractivity contribution in [3.8, 4) is 5.75 Å². The van der Waals surface area contributed by atoms with Crippen molar-refractivity contribution in [2.75, 3.05) is 26.7 Å². The lowest BCUT2D eigenvalue weighted by Crippen LogP contribution is -2.50. The second-order valence-electron chi connectivity index (χ2n) is 11.0. The Morgan fingerprint density at radius 1 is 1.00 bits per heavy atom. The zero-order valence-corrected chi connectivity index (χ0v) is 20.2. The minimum Gasteiger partial charge on any atom is -0.508 e. The van der Waals surface area contributed by atoms with Crippen LogP contribution in [0.25, 0.3) is 0 Å². The van der Waals surface area contributed by atoms with Crippen molar-refractivity contribution in [2.45, 2.75) is 102 Å². The molecular formula is C28H46N2O. The third-order valence-electron chi connectivity index (χ3n) is 9.02. The molecule has 0 aromatic heterocycles. The van der Waals surface area contributed by atoms with Gasteiger partial charge in [0.2, 0.25) is 0 Å². The molecule has 3 aliphatic rings. The summed E-state index contributed by atoms with van der Waals surface area (Å²) in [6.45, 7) is 6.16. The molecule has 3 fully saturated rings. The first-order chi connectivity index (χ1) is 15.1. The number of rotatable bonds is 8. The van der Waals surface area contributed by atoms with Crippen LogP contribution in [0.15, 0.2) is 24.3 Å². The Morgan fingerprint density at radius 3 is 2.48 bits per heavy atom. The summed E-state index contributed by atoms with van der Waals surface area (Å²) in [5, 5.41) is 10.3. The highest BCUT2D eigenvalue weighted by Gasteiger charge is 2.42. The van der Waals surface area contributed by atoms with Crippen LogP contribution in [0.2, 0.25) is 0 Å². The molecule has 1 saturated heterocycles. The molecule has 3 heteroatoms. The topological polar surface area (TPSA) is 26.7 Å². The van der Waals surface area contributed by atoms with E-state index < -0.39 is 0 Å². The van der Waals surface area contributed by atoms with Gasteiger partial charge in [-0.05, 0) is 94.6 Å². The molecule has 0 amide bonds. The van der Waals surface area contributed by atoms with Gasteiger partial charge in [-0.2, -0.15) is 0 Å². The summed E-state index contributed by atoms with van der Waals surface area (Å²) < 4.78 is 0. The van der Waals surface area contributed by atoms with Gasteiger partial charge in [0, 0.05) is 18.1 Å². The molecule has 1 atom stereocenters. The highest BCUT2D eigenvalue weighted by atomic mass is 16.3. The van der Waals surface area contributed by atoms with Gasteiger partial charge in [0.1, 0.15) is 5.75 Å². The van der Waals surface area contributed by atoms with Crippen molar-refractivity contribution in [1.82, 2.24) is 9.80 Å². The fraction of sp³-hybridized carbons (Fsp3) is 0.786. The zero-order chi connectivity index (χ0) is 21.7. The summed E-state index contributed by atoms with van der Waals surface area (Å²) >= 11 is 0. The standard InChI is InChI=1S/C28H46N2O/c1-3-8-24-16-20-30(22-24)26-13-17-28(18-14-26,25-11-7-12-27(31)21-25)29(2)19-15-23-9-5-4-6-10-23/h7,11-12,21,23-24,26,31H,3-6,8-10,13-20,22H2,1-2H3. The van der Waals surface area contributed by atoms with Gasteiger partial charge >= 0.3 is 0 Å². The minimum absolute atomic E-state index is 0.0897. The quantitative estimate of drug-likeness (QED) is 0.510. The second kappa shape index (κ2) is 10.7. The molecule has 1 aromatic carbocycles. The van der Waals surface area contributed by atoms with Crippen molar-refractivity contribution in [2.24, 2.45) is 11.8 Å².